The molecule has 0 spiro atoms. The van der Waals surface area contributed by atoms with Crippen molar-refractivity contribution in [2.75, 3.05) is 5.75 Å². The first-order chi connectivity index (χ1) is 6.30. The Morgan fingerprint density at radius 3 is 2.21 bits per heavy atom. The molecule has 0 aromatic heterocycles. The molecule has 0 aromatic rings. The summed E-state index contributed by atoms with van der Waals surface area (Å²) in [5.41, 5.74) is 0. The molecule has 11 heteroatoms. The number of hydrogen-bond acceptors (Lipinski definition) is 7. The first kappa shape index (κ1) is 12.3. The first-order valence-corrected chi connectivity index (χ1v) is 3.72. The van der Waals surface area contributed by atoms with E-state index >= 15 is 0 Å². The molecule has 14 heavy (non-hydrogen) atoms. The van der Waals surface area contributed by atoms with Crippen molar-refractivity contribution >= 4 is 18.2 Å². The molecule has 0 amide bonds. The summed E-state index contributed by atoms with van der Waals surface area (Å²) in [6.07, 6.45) is -1.83. The van der Waals surface area contributed by atoms with Gasteiger partial charge in [-0.15, -0.1) is 0 Å². The molecule has 0 heterocycles. The van der Waals surface area contributed by atoms with E-state index in [2.05, 4.69) is 4.18 Å². The molecule has 0 saturated heterocycles. The molecule has 0 unspecified atom stereocenters. The maximum absolute atomic E-state index is 12.8. The highest BCUT2D eigenvalue weighted by Gasteiger charge is 2.58. The van der Waals surface area contributed by atoms with Crippen molar-refractivity contribution in [1.29, 1.82) is 0 Å². The number of hydrogen-bond donors (Lipinski definition) is 1. The predicted octanol–water partition coefficient (Wildman–Crippen LogP) is 0.506. The third kappa shape index (κ3) is 3.01. The van der Waals surface area contributed by atoms with Crippen molar-refractivity contribution in [3.8, 4) is 0 Å². The highest BCUT2D eigenvalue weighted by atomic mass is 32.2. The molecule has 0 atom stereocenters. The van der Waals surface area contributed by atoms with Gasteiger partial charge in [0.2, 0.25) is 5.75 Å². The molecule has 1 N–H and O–H groups in total. The molecule has 0 aromatic carbocycles. The summed E-state index contributed by atoms with van der Waals surface area (Å²) in [6, 6.07) is 0. The summed E-state index contributed by atoms with van der Waals surface area (Å²) in [7, 11) is 0. The van der Waals surface area contributed by atoms with Gasteiger partial charge in [0.05, 0.1) is 12.0 Å². The van der Waals surface area contributed by atoms with E-state index in [0.29, 0.717) is 0 Å². The highest BCUT2D eigenvalue weighted by Crippen LogP contribution is 2.20. The molecule has 0 bridgehead atoms. The maximum atomic E-state index is 12.8. The Morgan fingerprint density at radius 2 is 1.93 bits per heavy atom. The molecule has 80 valence electrons. The van der Waals surface area contributed by atoms with E-state index in [4.69, 9.17) is 5.11 Å². The zero-order valence-corrected chi connectivity index (χ0v) is 7.10. The largest absolute Gasteiger partial charge is 0.626 e. The van der Waals surface area contributed by atoms with Crippen LogP contribution in [0.1, 0.15) is 0 Å². The molecule has 0 saturated carbocycles. The molecule has 9 nitrogen and oxygen atoms in total. The summed E-state index contributed by atoms with van der Waals surface area (Å²) in [4.78, 5) is 26.0. The van der Waals surface area contributed by atoms with Crippen LogP contribution in [0.2, 0.25) is 0 Å². The van der Waals surface area contributed by atoms with Gasteiger partial charge in [0, 0.05) is 0 Å². The van der Waals surface area contributed by atoms with Crippen molar-refractivity contribution in [3.63, 3.8) is 0 Å². The lowest BCUT2D eigenvalue weighted by atomic mass is 10.6. The van der Waals surface area contributed by atoms with Gasteiger partial charge in [-0.1, -0.05) is 4.39 Å². The van der Waals surface area contributed by atoms with Crippen LogP contribution in [0.5, 0.6) is 0 Å². The maximum Gasteiger partial charge on any atom is 0.626 e. The fraction of sp³-hybridized carbons (Fsp3) is 0.667. The van der Waals surface area contributed by atoms with Crippen LogP contribution < -0.4 is 0 Å². The standard InChI is InChI=1S/C3H3FN2O7S/c4-3(5(9)10,6(11)12)1-14-13-2(7)8/h1H2,(H,7,8). The Kier molecular flexibility index (Phi) is 4.01. The van der Waals surface area contributed by atoms with Crippen LogP contribution in [0.25, 0.3) is 0 Å². The van der Waals surface area contributed by atoms with Gasteiger partial charge >= 0.3 is 12.1 Å². The molecular weight excluding hydrogens is 227 g/mol. The quantitative estimate of drug-likeness (QED) is 0.237. The van der Waals surface area contributed by atoms with Crippen LogP contribution in [0, 0.1) is 20.2 Å². The summed E-state index contributed by atoms with van der Waals surface area (Å²) >= 11 is -0.233. The first-order valence-electron chi connectivity index (χ1n) is 2.81. The lowest BCUT2D eigenvalue weighted by Gasteiger charge is -2.05. The second-order valence-electron chi connectivity index (χ2n) is 1.84. The van der Waals surface area contributed by atoms with Crippen LogP contribution in [0.4, 0.5) is 9.18 Å². The molecule has 0 fully saturated rings. The fourth-order valence-corrected chi connectivity index (χ4v) is 0.847. The second kappa shape index (κ2) is 4.55. The van der Waals surface area contributed by atoms with E-state index in [1.165, 1.54) is 0 Å². The summed E-state index contributed by atoms with van der Waals surface area (Å²) in [6.45, 7) is 0. The van der Waals surface area contributed by atoms with Gasteiger partial charge in [0.25, 0.3) is 0 Å². The summed E-state index contributed by atoms with van der Waals surface area (Å²) < 4.78 is 16.4. The SMILES string of the molecule is O=C(O)OSCC(F)([N+](=O)[O-])[N+](=O)[O-]. The van der Waals surface area contributed by atoms with Crippen molar-refractivity contribution in [2.45, 2.75) is 5.92 Å². The zero-order valence-electron chi connectivity index (χ0n) is 6.28. The van der Waals surface area contributed by atoms with E-state index < -0.39 is 27.7 Å². The Labute approximate surface area is 79.3 Å². The van der Waals surface area contributed by atoms with Gasteiger partial charge in [-0.3, -0.25) is 20.2 Å². The molecular formula is C3H3FN2O7S. The van der Waals surface area contributed by atoms with Crippen molar-refractivity contribution < 1.29 is 28.3 Å². The summed E-state index contributed by atoms with van der Waals surface area (Å²) in [5, 5.41) is 27.7. The number of rotatable bonds is 5. The monoisotopic (exact) mass is 230 g/mol. The normalized spacial score (nSPS) is 10.6. The number of nitrogens with zero attached hydrogens (tertiary/aromatic N) is 2. The minimum Gasteiger partial charge on any atom is -0.449 e. The van der Waals surface area contributed by atoms with Gasteiger partial charge in [-0.2, -0.15) is 0 Å². The van der Waals surface area contributed by atoms with E-state index in [0.717, 1.165) is 0 Å². The van der Waals surface area contributed by atoms with Crippen molar-refractivity contribution in [2.24, 2.45) is 0 Å². The molecule has 0 aliphatic carbocycles. The zero-order chi connectivity index (χ0) is 11.4. The molecule has 0 aliphatic heterocycles. The number of carbonyl (C=O) groups is 1. The van der Waals surface area contributed by atoms with Crippen molar-refractivity contribution in [1.82, 2.24) is 0 Å². The van der Waals surface area contributed by atoms with Gasteiger partial charge in [-0.25, -0.2) is 4.79 Å². The number of nitro groups is 2. The van der Waals surface area contributed by atoms with E-state index in [-0.39, 0.29) is 12.0 Å². The van der Waals surface area contributed by atoms with Crippen LogP contribution in [0.15, 0.2) is 0 Å². The highest BCUT2D eigenvalue weighted by molar-refractivity contribution is 7.95. The van der Waals surface area contributed by atoms with Crippen LogP contribution in [-0.4, -0.2) is 32.8 Å². The number of alkyl halides is 1. The Bertz CT molecular complexity index is 256. The molecule has 0 rings (SSSR count). The van der Waals surface area contributed by atoms with E-state index in [9.17, 15) is 29.4 Å². The van der Waals surface area contributed by atoms with Gasteiger partial charge < -0.3 is 9.29 Å². The lowest BCUT2D eigenvalue weighted by Crippen LogP contribution is -2.44. The third-order valence-electron chi connectivity index (χ3n) is 0.932. The van der Waals surface area contributed by atoms with Crippen LogP contribution in [0.3, 0.4) is 0 Å². The minimum atomic E-state index is -3.94. The van der Waals surface area contributed by atoms with Crippen LogP contribution in [-0.2, 0) is 4.18 Å². The van der Waals surface area contributed by atoms with Gasteiger partial charge in [0.1, 0.15) is 9.85 Å². The molecule has 0 radical (unpaired) electrons. The Hall–Kier alpha value is -1.65. The predicted molar refractivity (Wildman–Crippen MR) is 39.4 cm³/mol. The van der Waals surface area contributed by atoms with Crippen molar-refractivity contribution in [3.05, 3.63) is 20.2 Å². The molecule has 0 aliphatic rings. The second-order valence-corrected chi connectivity index (χ2v) is 2.54. The van der Waals surface area contributed by atoms with E-state index in [1.807, 2.05) is 0 Å². The van der Waals surface area contributed by atoms with Gasteiger partial charge in [0.15, 0.2) is 0 Å². The van der Waals surface area contributed by atoms with E-state index in [1.54, 1.807) is 0 Å². The van der Waals surface area contributed by atoms with Gasteiger partial charge in [-0.05, 0) is 0 Å². The average Bonchev–Trinajstić information content (AvgIpc) is 2.02. The summed E-state index contributed by atoms with van der Waals surface area (Å²) in [5.74, 6) is -5.31. The lowest BCUT2D eigenvalue weighted by molar-refractivity contribution is -0.824. The smallest absolute Gasteiger partial charge is 0.449 e. The number of carboxylic acid groups (broad SMARTS) is 1. The number of halogens is 1. The Balaban J connectivity index is 4.32. The topological polar surface area (TPSA) is 133 Å². The average molecular weight is 230 g/mol. The third-order valence-corrected chi connectivity index (χ3v) is 1.68. The Morgan fingerprint density at radius 1 is 1.50 bits per heavy atom. The fourth-order valence-electron chi connectivity index (χ4n) is 0.327. The minimum absolute atomic E-state index is 0.233. The van der Waals surface area contributed by atoms with Crippen LogP contribution >= 0.6 is 12.0 Å².